The van der Waals surface area contributed by atoms with Gasteiger partial charge in [0, 0.05) is 11.3 Å². The van der Waals surface area contributed by atoms with Gasteiger partial charge in [0.2, 0.25) is 0 Å². The summed E-state index contributed by atoms with van der Waals surface area (Å²) in [6.07, 6.45) is 0. The SMILES string of the molecule is O=C(NC(=O)c1ccc2c(c1)OCCO2)Nc1cccc(C(=O)[O-])c1.[Na+]. The first kappa shape index (κ1) is 19.8. The summed E-state index contributed by atoms with van der Waals surface area (Å²) >= 11 is 0. The molecule has 0 atom stereocenters. The van der Waals surface area contributed by atoms with Crippen molar-refractivity contribution in [2.75, 3.05) is 18.5 Å². The second kappa shape index (κ2) is 8.70. The van der Waals surface area contributed by atoms with Gasteiger partial charge in [-0.2, -0.15) is 0 Å². The van der Waals surface area contributed by atoms with Crippen LogP contribution in [0.1, 0.15) is 20.7 Å². The number of carboxylic acids is 1. The van der Waals surface area contributed by atoms with Crippen molar-refractivity contribution in [1.82, 2.24) is 5.32 Å². The molecule has 128 valence electrons. The second-order valence-corrected chi connectivity index (χ2v) is 5.13. The van der Waals surface area contributed by atoms with E-state index < -0.39 is 17.9 Å². The predicted molar refractivity (Wildman–Crippen MR) is 84.7 cm³/mol. The van der Waals surface area contributed by atoms with Gasteiger partial charge in [0.25, 0.3) is 5.91 Å². The van der Waals surface area contributed by atoms with Gasteiger partial charge in [-0.15, -0.1) is 0 Å². The summed E-state index contributed by atoms with van der Waals surface area (Å²) in [6.45, 7) is 0.819. The Labute approximate surface area is 170 Å². The molecule has 3 rings (SSSR count). The topological polar surface area (TPSA) is 117 Å². The van der Waals surface area contributed by atoms with Crippen LogP contribution in [0.15, 0.2) is 42.5 Å². The summed E-state index contributed by atoms with van der Waals surface area (Å²) in [5.74, 6) is -1.03. The summed E-state index contributed by atoms with van der Waals surface area (Å²) < 4.78 is 10.7. The van der Waals surface area contributed by atoms with E-state index in [1.54, 1.807) is 6.07 Å². The van der Waals surface area contributed by atoms with E-state index in [2.05, 4.69) is 10.6 Å². The maximum absolute atomic E-state index is 12.1. The Kier molecular flexibility index (Phi) is 6.62. The molecule has 0 spiro atoms. The molecule has 0 aromatic heterocycles. The number of anilines is 1. The van der Waals surface area contributed by atoms with E-state index in [1.165, 1.54) is 36.4 Å². The van der Waals surface area contributed by atoms with Gasteiger partial charge in [-0.25, -0.2) is 4.79 Å². The number of carbonyl (C=O) groups excluding carboxylic acids is 3. The van der Waals surface area contributed by atoms with Crippen LogP contribution in [0, 0.1) is 0 Å². The van der Waals surface area contributed by atoms with Crippen molar-refractivity contribution in [1.29, 1.82) is 0 Å². The molecule has 0 aliphatic carbocycles. The smallest absolute Gasteiger partial charge is 0.545 e. The number of nitrogens with one attached hydrogen (secondary N) is 2. The number of hydrogen-bond acceptors (Lipinski definition) is 6. The van der Waals surface area contributed by atoms with Crippen molar-refractivity contribution in [2.24, 2.45) is 0 Å². The Morgan fingerprint density at radius 1 is 0.923 bits per heavy atom. The van der Waals surface area contributed by atoms with Crippen LogP contribution < -0.4 is 54.8 Å². The molecule has 0 unspecified atom stereocenters. The molecule has 0 saturated heterocycles. The van der Waals surface area contributed by atoms with E-state index >= 15 is 0 Å². The van der Waals surface area contributed by atoms with E-state index in [0.29, 0.717) is 24.7 Å². The normalized spacial score (nSPS) is 11.7. The molecule has 8 nitrogen and oxygen atoms in total. The van der Waals surface area contributed by atoms with Crippen LogP contribution in [0.5, 0.6) is 11.5 Å². The quantitative estimate of drug-likeness (QED) is 0.597. The van der Waals surface area contributed by atoms with Crippen LogP contribution in [0.4, 0.5) is 10.5 Å². The molecule has 9 heteroatoms. The first-order valence-electron chi connectivity index (χ1n) is 7.36. The van der Waals surface area contributed by atoms with E-state index in [4.69, 9.17) is 9.47 Å². The van der Waals surface area contributed by atoms with Crippen LogP contribution in [-0.2, 0) is 0 Å². The number of imide groups is 1. The van der Waals surface area contributed by atoms with Gasteiger partial charge in [-0.05, 0) is 35.9 Å². The van der Waals surface area contributed by atoms with Crippen LogP contribution in [-0.4, -0.2) is 31.1 Å². The van der Waals surface area contributed by atoms with Crippen molar-refractivity contribution >= 4 is 23.6 Å². The predicted octanol–water partition coefficient (Wildman–Crippen LogP) is -2.21. The number of hydrogen-bond donors (Lipinski definition) is 2. The molecular weight excluding hydrogens is 351 g/mol. The zero-order valence-corrected chi connectivity index (χ0v) is 15.9. The third-order valence-corrected chi connectivity index (χ3v) is 3.39. The average molecular weight is 364 g/mol. The molecule has 26 heavy (non-hydrogen) atoms. The fraction of sp³-hybridized carbons (Fsp3) is 0.118. The van der Waals surface area contributed by atoms with Gasteiger partial charge >= 0.3 is 35.6 Å². The number of benzene rings is 2. The molecule has 0 fully saturated rings. The number of ether oxygens (including phenoxy) is 2. The van der Waals surface area contributed by atoms with Crippen molar-refractivity contribution in [3.63, 3.8) is 0 Å². The first-order valence-corrected chi connectivity index (χ1v) is 7.36. The average Bonchev–Trinajstić information content (AvgIpc) is 2.61. The van der Waals surface area contributed by atoms with E-state index in [0.717, 1.165) is 0 Å². The zero-order chi connectivity index (χ0) is 17.8. The van der Waals surface area contributed by atoms with Gasteiger partial charge in [0.05, 0.1) is 5.97 Å². The molecule has 0 radical (unpaired) electrons. The number of carbonyl (C=O) groups is 3. The molecule has 3 amide bonds. The van der Waals surface area contributed by atoms with E-state index in [9.17, 15) is 19.5 Å². The zero-order valence-electron chi connectivity index (χ0n) is 13.9. The molecular formula is C17H13N2NaO6. The van der Waals surface area contributed by atoms with Crippen LogP contribution >= 0.6 is 0 Å². The second-order valence-electron chi connectivity index (χ2n) is 5.13. The van der Waals surface area contributed by atoms with Gasteiger partial charge in [0.1, 0.15) is 13.2 Å². The molecule has 0 bridgehead atoms. The van der Waals surface area contributed by atoms with Crippen LogP contribution in [0.2, 0.25) is 0 Å². The Morgan fingerprint density at radius 2 is 1.65 bits per heavy atom. The third kappa shape index (κ3) is 4.75. The summed E-state index contributed by atoms with van der Waals surface area (Å²) in [4.78, 5) is 34.8. The van der Waals surface area contributed by atoms with Gasteiger partial charge in [-0.3, -0.25) is 10.1 Å². The van der Waals surface area contributed by atoms with Crippen LogP contribution in [0.3, 0.4) is 0 Å². The first-order chi connectivity index (χ1) is 12.0. The maximum atomic E-state index is 12.1. The standard InChI is InChI=1S/C17H14N2O6.Na/c20-15(10-4-5-13-14(9-10)25-7-6-24-13)19-17(23)18-12-3-1-2-11(8-12)16(21)22;/h1-5,8-9H,6-7H2,(H,21,22)(H2,18,19,20,23);/q;+1/p-1. The van der Waals surface area contributed by atoms with Crippen molar-refractivity contribution in [3.8, 4) is 11.5 Å². The largest absolute Gasteiger partial charge is 1.00 e. The Morgan fingerprint density at radius 3 is 2.38 bits per heavy atom. The van der Waals surface area contributed by atoms with E-state index in [-0.39, 0.29) is 46.4 Å². The van der Waals surface area contributed by atoms with Gasteiger partial charge in [0.15, 0.2) is 11.5 Å². The summed E-state index contributed by atoms with van der Waals surface area (Å²) in [5.41, 5.74) is 0.355. The molecule has 2 aromatic rings. The third-order valence-electron chi connectivity index (χ3n) is 3.39. The number of carboxylic acid groups (broad SMARTS) is 1. The summed E-state index contributed by atoms with van der Waals surface area (Å²) in [7, 11) is 0. The van der Waals surface area contributed by atoms with Crippen molar-refractivity contribution < 1.29 is 58.5 Å². The number of aromatic carboxylic acids is 1. The molecule has 2 N–H and O–H groups in total. The Balaban J connectivity index is 0.00000243. The molecule has 1 aliphatic heterocycles. The molecule has 1 heterocycles. The minimum Gasteiger partial charge on any atom is -0.545 e. The number of rotatable bonds is 3. The minimum atomic E-state index is -1.36. The number of amides is 3. The number of urea groups is 1. The maximum Gasteiger partial charge on any atom is 1.00 e. The van der Waals surface area contributed by atoms with Gasteiger partial charge < -0.3 is 24.7 Å². The molecule has 2 aromatic carbocycles. The van der Waals surface area contributed by atoms with Crippen molar-refractivity contribution in [3.05, 3.63) is 53.6 Å². The monoisotopic (exact) mass is 364 g/mol. The fourth-order valence-corrected chi connectivity index (χ4v) is 2.25. The minimum absolute atomic E-state index is 0. The Hall–Kier alpha value is -2.55. The van der Waals surface area contributed by atoms with Crippen molar-refractivity contribution in [2.45, 2.75) is 0 Å². The summed E-state index contributed by atoms with van der Waals surface area (Å²) in [6, 6.07) is 9.27. The van der Waals surface area contributed by atoms with Gasteiger partial charge in [-0.1, -0.05) is 12.1 Å². The Bertz CT molecular complexity index is 855. The molecule has 1 aliphatic rings. The van der Waals surface area contributed by atoms with E-state index in [1.807, 2.05) is 0 Å². The fourth-order valence-electron chi connectivity index (χ4n) is 2.25. The van der Waals surface area contributed by atoms with Crippen LogP contribution in [0.25, 0.3) is 0 Å². The molecule has 0 saturated carbocycles. The number of fused-ring (bicyclic) bond motifs is 1. The summed E-state index contributed by atoms with van der Waals surface area (Å²) in [5, 5.41) is 15.3.